The van der Waals surface area contributed by atoms with Gasteiger partial charge < -0.3 is 15.5 Å². The maximum Gasteiger partial charge on any atom is 0.319 e. The molecule has 0 aromatic heterocycles. The number of nitrogens with one attached hydrogen (secondary N) is 2. The zero-order valence-electron chi connectivity index (χ0n) is 13.7. The fourth-order valence-corrected chi connectivity index (χ4v) is 2.03. The molecule has 6 heteroatoms. The molecule has 0 saturated carbocycles. The number of urea groups is 1. The number of rotatable bonds is 5. The van der Waals surface area contributed by atoms with E-state index in [-0.39, 0.29) is 18.3 Å². The van der Waals surface area contributed by atoms with Gasteiger partial charge in [-0.05, 0) is 23.8 Å². The Morgan fingerprint density at radius 3 is 2.33 bits per heavy atom. The topological polar surface area (TPSA) is 61.4 Å². The quantitative estimate of drug-likeness (QED) is 0.886. The lowest BCUT2D eigenvalue weighted by Crippen LogP contribution is -2.28. The highest BCUT2D eigenvalue weighted by Gasteiger charge is 2.07. The lowest BCUT2D eigenvalue weighted by Gasteiger charge is -2.11. The minimum atomic E-state index is -0.421. The van der Waals surface area contributed by atoms with Gasteiger partial charge in [0, 0.05) is 31.9 Å². The van der Waals surface area contributed by atoms with Crippen molar-refractivity contribution in [3.8, 4) is 0 Å². The Morgan fingerprint density at radius 2 is 1.71 bits per heavy atom. The molecule has 2 N–H and O–H groups in total. The fourth-order valence-electron chi connectivity index (χ4n) is 2.03. The monoisotopic (exact) mass is 329 g/mol. The highest BCUT2D eigenvalue weighted by atomic mass is 19.1. The first-order chi connectivity index (χ1) is 11.5. The predicted octanol–water partition coefficient (Wildman–Crippen LogP) is 2.78. The third-order valence-corrected chi connectivity index (χ3v) is 3.46. The summed E-state index contributed by atoms with van der Waals surface area (Å²) < 4.78 is 13.5. The Kier molecular flexibility index (Phi) is 5.89. The first-order valence-corrected chi connectivity index (χ1v) is 7.53. The lowest BCUT2D eigenvalue weighted by atomic mass is 10.1. The molecule has 2 aromatic rings. The molecule has 0 heterocycles. The van der Waals surface area contributed by atoms with E-state index in [1.54, 1.807) is 56.6 Å². The van der Waals surface area contributed by atoms with E-state index in [9.17, 15) is 14.0 Å². The second kappa shape index (κ2) is 8.10. The molecule has 0 aliphatic carbocycles. The summed E-state index contributed by atoms with van der Waals surface area (Å²) in [5.41, 5.74) is 1.89. The Labute approximate surface area is 140 Å². The van der Waals surface area contributed by atoms with E-state index in [1.807, 2.05) is 0 Å². The van der Waals surface area contributed by atoms with E-state index >= 15 is 0 Å². The molecule has 0 radical (unpaired) electrons. The van der Waals surface area contributed by atoms with Crippen molar-refractivity contribution in [2.45, 2.75) is 13.0 Å². The van der Waals surface area contributed by atoms with Gasteiger partial charge in [-0.3, -0.25) is 4.79 Å². The molecule has 126 valence electrons. The second-order valence-electron chi connectivity index (χ2n) is 5.56. The van der Waals surface area contributed by atoms with Gasteiger partial charge in [-0.25, -0.2) is 9.18 Å². The van der Waals surface area contributed by atoms with Gasteiger partial charge >= 0.3 is 6.03 Å². The minimum absolute atomic E-state index is 0.0124. The van der Waals surface area contributed by atoms with Gasteiger partial charge in [-0.2, -0.15) is 0 Å². The Hall–Kier alpha value is -2.89. The van der Waals surface area contributed by atoms with Crippen molar-refractivity contribution in [1.82, 2.24) is 10.2 Å². The summed E-state index contributed by atoms with van der Waals surface area (Å²) in [7, 11) is 3.41. The number of likely N-dealkylation sites (N-methyl/N-ethyl adjacent to an activating group) is 1. The maximum atomic E-state index is 13.5. The van der Waals surface area contributed by atoms with Crippen molar-refractivity contribution >= 4 is 17.6 Å². The van der Waals surface area contributed by atoms with Crippen LogP contribution in [0.3, 0.4) is 0 Å². The van der Waals surface area contributed by atoms with Crippen LogP contribution < -0.4 is 10.6 Å². The average molecular weight is 329 g/mol. The van der Waals surface area contributed by atoms with E-state index < -0.39 is 6.03 Å². The van der Waals surface area contributed by atoms with Gasteiger partial charge in [0.25, 0.3) is 0 Å². The van der Waals surface area contributed by atoms with E-state index in [0.29, 0.717) is 17.7 Å². The van der Waals surface area contributed by atoms with Crippen molar-refractivity contribution in [2.24, 2.45) is 0 Å². The van der Waals surface area contributed by atoms with Crippen molar-refractivity contribution < 1.29 is 14.0 Å². The largest absolute Gasteiger partial charge is 0.349 e. The van der Waals surface area contributed by atoms with Crippen molar-refractivity contribution in [3.05, 3.63) is 65.5 Å². The van der Waals surface area contributed by atoms with E-state index in [2.05, 4.69) is 10.6 Å². The summed E-state index contributed by atoms with van der Waals surface area (Å²) >= 11 is 0. The summed E-state index contributed by atoms with van der Waals surface area (Å²) in [6, 6.07) is 12.9. The fraction of sp³-hybridized carbons (Fsp3) is 0.222. The number of hydrogen-bond donors (Lipinski definition) is 2. The molecule has 2 aromatic carbocycles. The zero-order chi connectivity index (χ0) is 17.5. The van der Waals surface area contributed by atoms with Crippen LogP contribution in [0.15, 0.2) is 48.5 Å². The molecule has 24 heavy (non-hydrogen) atoms. The van der Waals surface area contributed by atoms with Gasteiger partial charge in [0.05, 0.1) is 6.42 Å². The summed E-state index contributed by atoms with van der Waals surface area (Å²) in [4.78, 5) is 25.0. The van der Waals surface area contributed by atoms with Crippen LogP contribution in [0.4, 0.5) is 14.9 Å². The summed E-state index contributed by atoms with van der Waals surface area (Å²) in [5.74, 6) is -0.342. The molecule has 0 aliphatic rings. The molecule has 5 nitrogen and oxygen atoms in total. The molecular weight excluding hydrogens is 309 g/mol. The van der Waals surface area contributed by atoms with Crippen LogP contribution in [-0.2, 0) is 17.8 Å². The highest BCUT2D eigenvalue weighted by molar-refractivity contribution is 5.89. The van der Waals surface area contributed by atoms with Crippen molar-refractivity contribution in [2.75, 3.05) is 19.4 Å². The van der Waals surface area contributed by atoms with Crippen LogP contribution in [0.2, 0.25) is 0 Å². The van der Waals surface area contributed by atoms with Crippen molar-refractivity contribution in [1.29, 1.82) is 0 Å². The molecule has 0 atom stereocenters. The van der Waals surface area contributed by atoms with Gasteiger partial charge in [0.1, 0.15) is 5.82 Å². The number of carbonyl (C=O) groups excluding carboxylic acids is 2. The number of hydrogen-bond acceptors (Lipinski definition) is 2. The van der Waals surface area contributed by atoms with Gasteiger partial charge in [0.15, 0.2) is 0 Å². The van der Waals surface area contributed by atoms with Crippen LogP contribution in [0, 0.1) is 5.82 Å². The van der Waals surface area contributed by atoms with Crippen LogP contribution >= 0.6 is 0 Å². The molecule has 0 saturated heterocycles. The summed E-state index contributed by atoms with van der Waals surface area (Å²) in [6.07, 6.45) is 0.312. The van der Waals surface area contributed by atoms with E-state index in [1.165, 1.54) is 11.0 Å². The molecular formula is C18H20FN3O2. The second-order valence-corrected chi connectivity index (χ2v) is 5.56. The number of amides is 3. The standard InChI is InChI=1S/C18H20FN3O2/c1-22(2)17(23)11-13-7-9-15(10-8-13)21-18(24)20-12-14-5-3-4-6-16(14)19/h3-10H,11-12H2,1-2H3,(H2,20,21,24). The van der Waals surface area contributed by atoms with Crippen LogP contribution in [0.1, 0.15) is 11.1 Å². The summed E-state index contributed by atoms with van der Waals surface area (Å²) in [5, 5.41) is 5.27. The molecule has 0 aliphatic heterocycles. The normalized spacial score (nSPS) is 10.1. The molecule has 3 amide bonds. The zero-order valence-corrected chi connectivity index (χ0v) is 13.7. The smallest absolute Gasteiger partial charge is 0.319 e. The van der Waals surface area contributed by atoms with Gasteiger partial charge in [-0.15, -0.1) is 0 Å². The molecule has 0 spiro atoms. The predicted molar refractivity (Wildman–Crippen MR) is 91.1 cm³/mol. The first kappa shape index (κ1) is 17.5. The SMILES string of the molecule is CN(C)C(=O)Cc1ccc(NC(=O)NCc2ccccc2F)cc1. The molecule has 0 unspecified atom stereocenters. The van der Waals surface area contributed by atoms with Crippen LogP contribution in [0.5, 0.6) is 0 Å². The maximum absolute atomic E-state index is 13.5. The third-order valence-electron chi connectivity index (χ3n) is 3.46. The number of nitrogens with zero attached hydrogens (tertiary/aromatic N) is 1. The van der Waals surface area contributed by atoms with E-state index in [4.69, 9.17) is 0 Å². The van der Waals surface area contributed by atoms with E-state index in [0.717, 1.165) is 5.56 Å². The third kappa shape index (κ3) is 5.08. The minimum Gasteiger partial charge on any atom is -0.349 e. The van der Waals surface area contributed by atoms with Gasteiger partial charge in [-0.1, -0.05) is 30.3 Å². The average Bonchev–Trinajstić information content (AvgIpc) is 2.56. The van der Waals surface area contributed by atoms with Crippen molar-refractivity contribution in [3.63, 3.8) is 0 Å². The highest BCUT2D eigenvalue weighted by Crippen LogP contribution is 2.11. The van der Waals surface area contributed by atoms with Crippen LogP contribution in [-0.4, -0.2) is 30.9 Å². The Morgan fingerprint density at radius 1 is 1.04 bits per heavy atom. The molecule has 0 fully saturated rings. The van der Waals surface area contributed by atoms with Crippen LogP contribution in [0.25, 0.3) is 0 Å². The Bertz CT molecular complexity index is 714. The number of anilines is 1. The first-order valence-electron chi connectivity index (χ1n) is 7.53. The number of benzene rings is 2. The molecule has 2 rings (SSSR count). The Balaban J connectivity index is 1.86. The lowest BCUT2D eigenvalue weighted by molar-refractivity contribution is -0.127. The number of carbonyl (C=O) groups is 2. The molecule has 0 bridgehead atoms. The number of halogens is 1. The summed E-state index contributed by atoms with van der Waals surface area (Å²) in [6.45, 7) is 0.105. The van der Waals surface area contributed by atoms with Gasteiger partial charge in [0.2, 0.25) is 5.91 Å².